The molecule has 0 spiro atoms. The Labute approximate surface area is 117 Å². The molecule has 1 unspecified atom stereocenters. The minimum Gasteiger partial charge on any atom is -0.497 e. The summed E-state index contributed by atoms with van der Waals surface area (Å²) >= 11 is 0. The van der Waals surface area contributed by atoms with Crippen molar-refractivity contribution in [2.75, 3.05) is 26.9 Å². The Balaban J connectivity index is 2.21. The number of nitrogens with one attached hydrogen (secondary N) is 1. The number of benzene rings is 1. The van der Waals surface area contributed by atoms with Crippen LogP contribution in [0.2, 0.25) is 0 Å². The van der Waals surface area contributed by atoms with E-state index < -0.39 is 0 Å². The Bertz CT molecular complexity index is 352. The second-order valence-corrected chi connectivity index (χ2v) is 5.27. The zero-order valence-electron chi connectivity index (χ0n) is 12.6. The molecule has 3 nitrogen and oxygen atoms in total. The average molecular weight is 265 g/mol. The molecule has 1 N–H and O–H groups in total. The van der Waals surface area contributed by atoms with Crippen LogP contribution >= 0.6 is 0 Å². The SMILES string of the molecule is COc1cccc(C(C)NCCCOCC(C)C)c1. The van der Waals surface area contributed by atoms with Gasteiger partial charge in [-0.2, -0.15) is 0 Å². The smallest absolute Gasteiger partial charge is 0.119 e. The average Bonchev–Trinajstić information content (AvgIpc) is 2.42. The van der Waals surface area contributed by atoms with E-state index in [0.29, 0.717) is 12.0 Å². The van der Waals surface area contributed by atoms with Crippen LogP contribution in [-0.2, 0) is 4.74 Å². The van der Waals surface area contributed by atoms with Crippen molar-refractivity contribution in [2.24, 2.45) is 5.92 Å². The molecule has 108 valence electrons. The van der Waals surface area contributed by atoms with Gasteiger partial charge in [0, 0.05) is 19.3 Å². The maximum Gasteiger partial charge on any atom is 0.119 e. The Morgan fingerprint density at radius 3 is 2.68 bits per heavy atom. The molecule has 3 heteroatoms. The molecule has 0 bridgehead atoms. The summed E-state index contributed by atoms with van der Waals surface area (Å²) in [6.45, 7) is 9.16. The van der Waals surface area contributed by atoms with E-state index >= 15 is 0 Å². The van der Waals surface area contributed by atoms with Crippen LogP contribution in [0.25, 0.3) is 0 Å². The van der Waals surface area contributed by atoms with Crippen LogP contribution in [0.4, 0.5) is 0 Å². The lowest BCUT2D eigenvalue weighted by molar-refractivity contribution is 0.107. The van der Waals surface area contributed by atoms with Gasteiger partial charge in [0.2, 0.25) is 0 Å². The van der Waals surface area contributed by atoms with Crippen molar-refractivity contribution >= 4 is 0 Å². The Hall–Kier alpha value is -1.06. The molecular weight excluding hydrogens is 238 g/mol. The third kappa shape index (κ3) is 6.60. The molecule has 0 aliphatic heterocycles. The van der Waals surface area contributed by atoms with Crippen LogP contribution in [0.5, 0.6) is 5.75 Å². The van der Waals surface area contributed by atoms with E-state index in [1.54, 1.807) is 7.11 Å². The first-order chi connectivity index (χ1) is 9.13. The highest BCUT2D eigenvalue weighted by Gasteiger charge is 2.05. The monoisotopic (exact) mass is 265 g/mol. The fraction of sp³-hybridized carbons (Fsp3) is 0.625. The lowest BCUT2D eigenvalue weighted by Crippen LogP contribution is -2.21. The highest BCUT2D eigenvalue weighted by Crippen LogP contribution is 2.18. The molecule has 1 atom stereocenters. The second-order valence-electron chi connectivity index (χ2n) is 5.27. The Morgan fingerprint density at radius 1 is 1.21 bits per heavy atom. The van der Waals surface area contributed by atoms with E-state index in [-0.39, 0.29) is 0 Å². The van der Waals surface area contributed by atoms with E-state index in [4.69, 9.17) is 9.47 Å². The number of ether oxygens (including phenoxy) is 2. The third-order valence-corrected chi connectivity index (χ3v) is 2.96. The molecule has 0 aliphatic rings. The van der Waals surface area contributed by atoms with Gasteiger partial charge in [0.1, 0.15) is 5.75 Å². The fourth-order valence-corrected chi connectivity index (χ4v) is 1.84. The van der Waals surface area contributed by atoms with Gasteiger partial charge in [-0.25, -0.2) is 0 Å². The summed E-state index contributed by atoms with van der Waals surface area (Å²) in [5.74, 6) is 1.52. The third-order valence-electron chi connectivity index (χ3n) is 2.96. The summed E-state index contributed by atoms with van der Waals surface area (Å²) in [6.07, 6.45) is 1.04. The van der Waals surface area contributed by atoms with E-state index in [1.165, 1.54) is 5.56 Å². The summed E-state index contributed by atoms with van der Waals surface area (Å²) in [4.78, 5) is 0. The molecule has 0 heterocycles. The standard InChI is InChI=1S/C16H27NO2/c1-13(2)12-19-10-6-9-17-14(3)15-7-5-8-16(11-15)18-4/h5,7-8,11,13-14,17H,6,9-10,12H2,1-4H3. The molecular formula is C16H27NO2. The zero-order chi connectivity index (χ0) is 14.1. The summed E-state index contributed by atoms with van der Waals surface area (Å²) in [5.41, 5.74) is 1.25. The van der Waals surface area contributed by atoms with E-state index in [1.807, 2.05) is 12.1 Å². The van der Waals surface area contributed by atoms with Crippen LogP contribution in [-0.4, -0.2) is 26.9 Å². The molecule has 0 aliphatic carbocycles. The topological polar surface area (TPSA) is 30.5 Å². The zero-order valence-corrected chi connectivity index (χ0v) is 12.6. The molecule has 0 fully saturated rings. The van der Waals surface area contributed by atoms with Crippen LogP contribution in [0, 0.1) is 5.92 Å². The molecule has 0 radical (unpaired) electrons. The predicted octanol–water partition coefficient (Wildman–Crippen LogP) is 3.41. The molecule has 1 aromatic carbocycles. The van der Waals surface area contributed by atoms with Crippen molar-refractivity contribution in [3.63, 3.8) is 0 Å². The molecule has 0 aromatic heterocycles. The Morgan fingerprint density at radius 2 is 2.00 bits per heavy atom. The maximum absolute atomic E-state index is 5.56. The molecule has 0 saturated heterocycles. The van der Waals surface area contributed by atoms with Crippen LogP contribution in [0.15, 0.2) is 24.3 Å². The van der Waals surface area contributed by atoms with Gasteiger partial charge in [-0.05, 0) is 43.5 Å². The number of hydrogen-bond acceptors (Lipinski definition) is 3. The largest absolute Gasteiger partial charge is 0.497 e. The quantitative estimate of drug-likeness (QED) is 0.694. The van der Waals surface area contributed by atoms with Crippen LogP contribution in [0.1, 0.15) is 38.8 Å². The van der Waals surface area contributed by atoms with Crippen LogP contribution < -0.4 is 10.1 Å². The van der Waals surface area contributed by atoms with Gasteiger partial charge < -0.3 is 14.8 Å². The first kappa shape index (κ1) is 16.0. The number of rotatable bonds is 9. The second kappa shape index (κ2) is 8.94. The number of hydrogen-bond donors (Lipinski definition) is 1. The number of methoxy groups -OCH3 is 1. The van der Waals surface area contributed by atoms with Gasteiger partial charge in [-0.15, -0.1) is 0 Å². The fourth-order valence-electron chi connectivity index (χ4n) is 1.84. The van der Waals surface area contributed by atoms with E-state index in [2.05, 4.69) is 38.2 Å². The van der Waals surface area contributed by atoms with Gasteiger partial charge in [-0.1, -0.05) is 26.0 Å². The minimum atomic E-state index is 0.334. The van der Waals surface area contributed by atoms with Crippen molar-refractivity contribution in [2.45, 2.75) is 33.2 Å². The predicted molar refractivity (Wildman–Crippen MR) is 79.7 cm³/mol. The van der Waals surface area contributed by atoms with Gasteiger partial charge in [0.05, 0.1) is 7.11 Å². The summed E-state index contributed by atoms with van der Waals surface area (Å²) in [7, 11) is 1.70. The first-order valence-electron chi connectivity index (χ1n) is 7.08. The van der Waals surface area contributed by atoms with Gasteiger partial charge in [-0.3, -0.25) is 0 Å². The lowest BCUT2D eigenvalue weighted by Gasteiger charge is -2.15. The lowest BCUT2D eigenvalue weighted by atomic mass is 10.1. The molecule has 0 amide bonds. The van der Waals surface area contributed by atoms with Crippen molar-refractivity contribution < 1.29 is 9.47 Å². The molecule has 1 aromatic rings. The maximum atomic E-state index is 5.56. The van der Waals surface area contributed by atoms with Crippen LogP contribution in [0.3, 0.4) is 0 Å². The van der Waals surface area contributed by atoms with Gasteiger partial charge >= 0.3 is 0 Å². The summed E-state index contributed by atoms with van der Waals surface area (Å²) in [5, 5.41) is 3.50. The first-order valence-corrected chi connectivity index (χ1v) is 7.08. The highest BCUT2D eigenvalue weighted by atomic mass is 16.5. The van der Waals surface area contributed by atoms with Crippen molar-refractivity contribution in [1.29, 1.82) is 0 Å². The van der Waals surface area contributed by atoms with Gasteiger partial charge in [0.15, 0.2) is 0 Å². The normalized spacial score (nSPS) is 12.7. The van der Waals surface area contributed by atoms with Gasteiger partial charge in [0.25, 0.3) is 0 Å². The van der Waals surface area contributed by atoms with Crippen molar-refractivity contribution in [1.82, 2.24) is 5.32 Å². The summed E-state index contributed by atoms with van der Waals surface area (Å²) < 4.78 is 10.8. The molecule has 1 rings (SSSR count). The molecule has 0 saturated carbocycles. The minimum absolute atomic E-state index is 0.334. The van der Waals surface area contributed by atoms with E-state index in [0.717, 1.165) is 31.9 Å². The van der Waals surface area contributed by atoms with Crippen molar-refractivity contribution in [3.8, 4) is 5.75 Å². The van der Waals surface area contributed by atoms with Crippen molar-refractivity contribution in [3.05, 3.63) is 29.8 Å². The molecule has 19 heavy (non-hydrogen) atoms. The van der Waals surface area contributed by atoms with E-state index in [9.17, 15) is 0 Å². The summed E-state index contributed by atoms with van der Waals surface area (Å²) in [6, 6.07) is 8.52. The Kier molecular flexibility index (Phi) is 7.53. The highest BCUT2D eigenvalue weighted by molar-refractivity contribution is 5.30.